The maximum atomic E-state index is 11.0. The van der Waals surface area contributed by atoms with Gasteiger partial charge in [0.1, 0.15) is 17.1 Å². The van der Waals surface area contributed by atoms with Crippen LogP contribution in [0.3, 0.4) is 0 Å². The molecular weight excluding hydrogens is 244 g/mol. The molecule has 0 saturated heterocycles. The lowest BCUT2D eigenvalue weighted by atomic mass is 9.70. The van der Waals surface area contributed by atoms with Gasteiger partial charge in [0.25, 0.3) is 0 Å². The number of aromatic carboxylic acids is 1. The molecule has 1 aliphatic rings. The van der Waals surface area contributed by atoms with Crippen LogP contribution in [0.2, 0.25) is 0 Å². The van der Waals surface area contributed by atoms with Crippen molar-refractivity contribution in [2.75, 3.05) is 6.61 Å². The van der Waals surface area contributed by atoms with Crippen molar-refractivity contribution in [2.45, 2.75) is 52.1 Å². The van der Waals surface area contributed by atoms with Crippen LogP contribution in [0.15, 0.2) is 6.20 Å². The van der Waals surface area contributed by atoms with Gasteiger partial charge in [-0.15, -0.1) is 0 Å². The number of carboxylic acids is 1. The first-order chi connectivity index (χ1) is 8.88. The van der Waals surface area contributed by atoms with E-state index in [1.54, 1.807) is 0 Å². The number of carbonyl (C=O) groups is 1. The lowest BCUT2D eigenvalue weighted by Gasteiger charge is -2.42. The molecule has 1 fully saturated rings. The van der Waals surface area contributed by atoms with Crippen LogP contribution in [0.1, 0.15) is 62.8 Å². The Hall–Kier alpha value is -1.36. The molecule has 1 aromatic rings. The molecule has 0 spiro atoms. The van der Waals surface area contributed by atoms with E-state index in [2.05, 4.69) is 23.8 Å². The number of rotatable bonds is 4. The minimum atomic E-state index is -0.985. The molecule has 0 bridgehead atoms. The van der Waals surface area contributed by atoms with Gasteiger partial charge in [-0.1, -0.05) is 13.8 Å². The average molecular weight is 266 g/mol. The standard InChI is InChI=1S/C14H22N2O3/c1-4-19-14(7-5-13(2,3)6-8-14)12-15-9-10(16-12)11(17)18/h9H,4-8H2,1-3H3,(H,15,16)(H,17,18). The first kappa shape index (κ1) is 14.1. The maximum absolute atomic E-state index is 11.0. The second-order valence-electron chi connectivity index (χ2n) is 6.04. The summed E-state index contributed by atoms with van der Waals surface area (Å²) in [6.45, 7) is 7.08. The van der Waals surface area contributed by atoms with Gasteiger partial charge in [0, 0.05) is 6.61 Å². The number of nitrogens with zero attached hydrogens (tertiary/aromatic N) is 1. The van der Waals surface area contributed by atoms with Crippen molar-refractivity contribution in [3.63, 3.8) is 0 Å². The highest BCUT2D eigenvalue weighted by molar-refractivity contribution is 5.85. The zero-order chi connectivity index (χ0) is 14.1. The number of ether oxygens (including phenoxy) is 1. The molecule has 0 radical (unpaired) electrons. The summed E-state index contributed by atoms with van der Waals surface area (Å²) in [6, 6.07) is 0. The highest BCUT2D eigenvalue weighted by Gasteiger charge is 2.42. The normalized spacial score (nSPS) is 21.2. The highest BCUT2D eigenvalue weighted by Crippen LogP contribution is 2.46. The lowest BCUT2D eigenvalue weighted by Crippen LogP contribution is -2.38. The van der Waals surface area contributed by atoms with E-state index in [0.717, 1.165) is 25.7 Å². The first-order valence-electron chi connectivity index (χ1n) is 6.81. The summed E-state index contributed by atoms with van der Waals surface area (Å²) in [4.78, 5) is 18.1. The van der Waals surface area contributed by atoms with Crippen LogP contribution in [-0.2, 0) is 10.3 Å². The predicted octanol–water partition coefficient (Wildman–Crippen LogP) is 2.94. The first-order valence-corrected chi connectivity index (χ1v) is 6.81. The zero-order valence-corrected chi connectivity index (χ0v) is 11.8. The summed E-state index contributed by atoms with van der Waals surface area (Å²) in [6.07, 6.45) is 5.23. The summed E-state index contributed by atoms with van der Waals surface area (Å²) >= 11 is 0. The number of nitrogens with one attached hydrogen (secondary N) is 1. The fraction of sp³-hybridized carbons (Fsp3) is 0.714. The largest absolute Gasteiger partial charge is 0.477 e. The van der Waals surface area contributed by atoms with Crippen LogP contribution in [0.5, 0.6) is 0 Å². The van der Waals surface area contributed by atoms with Crippen molar-refractivity contribution in [3.05, 3.63) is 17.7 Å². The van der Waals surface area contributed by atoms with E-state index in [1.165, 1.54) is 6.20 Å². The molecule has 1 saturated carbocycles. The van der Waals surface area contributed by atoms with Gasteiger partial charge in [-0.25, -0.2) is 9.78 Å². The number of imidazole rings is 1. The molecule has 0 atom stereocenters. The fourth-order valence-electron chi connectivity index (χ4n) is 2.72. The molecule has 2 N–H and O–H groups in total. The smallest absolute Gasteiger partial charge is 0.353 e. The Labute approximate surface area is 113 Å². The summed E-state index contributed by atoms with van der Waals surface area (Å²) in [5, 5.41) is 8.98. The molecule has 0 aromatic carbocycles. The third-order valence-electron chi connectivity index (χ3n) is 4.07. The van der Waals surface area contributed by atoms with Gasteiger partial charge in [0.15, 0.2) is 0 Å². The second kappa shape index (κ2) is 4.96. The van der Waals surface area contributed by atoms with Crippen LogP contribution >= 0.6 is 0 Å². The van der Waals surface area contributed by atoms with Crippen LogP contribution < -0.4 is 0 Å². The van der Waals surface area contributed by atoms with Crippen molar-refractivity contribution in [1.82, 2.24) is 9.97 Å². The molecule has 0 unspecified atom stereocenters. The fourth-order valence-corrected chi connectivity index (χ4v) is 2.72. The minimum Gasteiger partial charge on any atom is -0.477 e. The second-order valence-corrected chi connectivity index (χ2v) is 6.04. The van der Waals surface area contributed by atoms with E-state index in [9.17, 15) is 4.79 Å². The van der Waals surface area contributed by atoms with Gasteiger partial charge in [0.05, 0.1) is 6.20 Å². The summed E-state index contributed by atoms with van der Waals surface area (Å²) in [5.74, 6) is -0.330. The third-order valence-corrected chi connectivity index (χ3v) is 4.07. The van der Waals surface area contributed by atoms with E-state index in [1.807, 2.05) is 6.92 Å². The number of carboxylic acid groups (broad SMARTS) is 1. The third kappa shape index (κ3) is 2.81. The Morgan fingerprint density at radius 2 is 2.05 bits per heavy atom. The Morgan fingerprint density at radius 1 is 1.42 bits per heavy atom. The summed E-state index contributed by atoms with van der Waals surface area (Å²) < 4.78 is 5.96. The Morgan fingerprint density at radius 3 is 2.53 bits per heavy atom. The molecule has 0 amide bonds. The molecule has 0 aliphatic heterocycles. The molecule has 19 heavy (non-hydrogen) atoms. The summed E-state index contributed by atoms with van der Waals surface area (Å²) in [5.41, 5.74) is -0.000222. The van der Waals surface area contributed by atoms with Gasteiger partial charge in [-0.3, -0.25) is 0 Å². The van der Waals surface area contributed by atoms with Crippen molar-refractivity contribution in [3.8, 4) is 0 Å². The van der Waals surface area contributed by atoms with Gasteiger partial charge in [-0.2, -0.15) is 0 Å². The maximum Gasteiger partial charge on any atom is 0.353 e. The van der Waals surface area contributed by atoms with Crippen LogP contribution in [0.4, 0.5) is 0 Å². The number of aromatic amines is 1. The van der Waals surface area contributed by atoms with Gasteiger partial charge in [0.2, 0.25) is 0 Å². The average Bonchev–Trinajstić information content (AvgIpc) is 2.83. The number of aromatic nitrogens is 2. The number of hydrogen-bond acceptors (Lipinski definition) is 3. The van der Waals surface area contributed by atoms with Crippen molar-refractivity contribution < 1.29 is 14.6 Å². The molecule has 2 rings (SSSR count). The van der Waals surface area contributed by atoms with Crippen LogP contribution in [0.25, 0.3) is 0 Å². The molecule has 5 nitrogen and oxygen atoms in total. The molecular formula is C14H22N2O3. The molecule has 1 aliphatic carbocycles. The zero-order valence-electron chi connectivity index (χ0n) is 11.8. The van der Waals surface area contributed by atoms with Crippen LogP contribution in [-0.4, -0.2) is 27.7 Å². The van der Waals surface area contributed by atoms with E-state index < -0.39 is 11.6 Å². The van der Waals surface area contributed by atoms with Gasteiger partial charge >= 0.3 is 5.97 Å². The lowest BCUT2D eigenvalue weighted by molar-refractivity contribution is -0.0943. The molecule has 1 heterocycles. The van der Waals surface area contributed by atoms with Crippen molar-refractivity contribution >= 4 is 5.97 Å². The molecule has 106 valence electrons. The highest BCUT2D eigenvalue weighted by atomic mass is 16.5. The Kier molecular flexibility index (Phi) is 3.67. The predicted molar refractivity (Wildman–Crippen MR) is 71.1 cm³/mol. The topological polar surface area (TPSA) is 75.2 Å². The Bertz CT molecular complexity index is 455. The Balaban J connectivity index is 2.26. The van der Waals surface area contributed by atoms with E-state index in [-0.39, 0.29) is 5.69 Å². The van der Waals surface area contributed by atoms with Crippen LogP contribution in [0, 0.1) is 5.41 Å². The number of hydrogen-bond donors (Lipinski definition) is 2. The van der Waals surface area contributed by atoms with Crippen molar-refractivity contribution in [1.29, 1.82) is 0 Å². The number of H-pyrrole nitrogens is 1. The quantitative estimate of drug-likeness (QED) is 0.878. The molecule has 5 heteroatoms. The van der Waals surface area contributed by atoms with Crippen molar-refractivity contribution in [2.24, 2.45) is 5.41 Å². The van der Waals surface area contributed by atoms with Gasteiger partial charge in [-0.05, 0) is 38.0 Å². The monoisotopic (exact) mass is 266 g/mol. The minimum absolute atomic E-state index is 0.124. The van der Waals surface area contributed by atoms with E-state index in [4.69, 9.17) is 9.84 Å². The van der Waals surface area contributed by atoms with E-state index >= 15 is 0 Å². The summed E-state index contributed by atoms with van der Waals surface area (Å²) in [7, 11) is 0. The SMILES string of the molecule is CCOC1(c2ncc(C(=O)O)[nH]2)CCC(C)(C)CC1. The molecule has 1 aromatic heterocycles. The van der Waals surface area contributed by atoms with Gasteiger partial charge < -0.3 is 14.8 Å². The van der Waals surface area contributed by atoms with E-state index in [0.29, 0.717) is 17.8 Å².